The summed E-state index contributed by atoms with van der Waals surface area (Å²) in [5.74, 6) is 0. The first-order valence-electron chi connectivity index (χ1n) is 2.81. The highest BCUT2D eigenvalue weighted by molar-refractivity contribution is 7.78. The van der Waals surface area contributed by atoms with E-state index >= 15 is 0 Å². The van der Waals surface area contributed by atoms with Gasteiger partial charge >= 0.3 is 0 Å². The summed E-state index contributed by atoms with van der Waals surface area (Å²) in [6, 6.07) is 10.0. The second-order valence-corrected chi connectivity index (χ2v) is 2.89. The molecule has 0 saturated carbocycles. The molecule has 1 rings (SSSR count). The number of rotatable bonds is 2. The van der Waals surface area contributed by atoms with Crippen LogP contribution in [0.1, 0.15) is 0 Å². The van der Waals surface area contributed by atoms with Crippen LogP contribution in [0.5, 0.6) is 0 Å². The summed E-state index contributed by atoms with van der Waals surface area (Å²) in [5, 5.41) is 3.53. The summed E-state index contributed by atoms with van der Waals surface area (Å²) >= 11 is 4.44. The number of isothiocyanates is 1. The average Bonchev–Trinajstić information content (AvgIpc) is 2.03. The minimum Gasteiger partial charge on any atom is -0.207 e. The molecule has 0 heterocycles. The lowest BCUT2D eigenvalue weighted by atomic mass is 10.4. The molecule has 1 nitrogen and oxygen atoms in total. The predicted molar refractivity (Wildman–Crippen MR) is 49.4 cm³/mol. The smallest absolute Gasteiger partial charge is 0.0624 e. The van der Waals surface area contributed by atoms with E-state index in [1.165, 1.54) is 5.30 Å². The van der Waals surface area contributed by atoms with Gasteiger partial charge in [-0.1, -0.05) is 30.3 Å². The molecule has 0 bridgehead atoms. The highest BCUT2D eigenvalue weighted by atomic mass is 32.1. The van der Waals surface area contributed by atoms with E-state index in [-0.39, 0.29) is 0 Å². The fraction of sp³-hybridized carbons (Fsp3) is 0. The van der Waals surface area contributed by atoms with Gasteiger partial charge in [0.15, 0.2) is 0 Å². The van der Waals surface area contributed by atoms with Crippen molar-refractivity contribution in [3.8, 4) is 0 Å². The molecule has 0 fully saturated rings. The van der Waals surface area contributed by atoms with Gasteiger partial charge in [0.25, 0.3) is 0 Å². The van der Waals surface area contributed by atoms with Crippen LogP contribution in [-0.4, -0.2) is 5.16 Å². The van der Waals surface area contributed by atoms with Gasteiger partial charge in [0.2, 0.25) is 0 Å². The molecule has 10 heavy (non-hydrogen) atoms. The standard InChI is InChI=1S/C7H6NPS/c10-6-8-9-7-4-2-1-3-5-7/h1-5,9H. The van der Waals surface area contributed by atoms with E-state index in [4.69, 9.17) is 0 Å². The monoisotopic (exact) mass is 167 g/mol. The molecule has 0 aliphatic rings. The summed E-state index contributed by atoms with van der Waals surface area (Å²) in [5.41, 5.74) is 0. The van der Waals surface area contributed by atoms with E-state index in [0.717, 1.165) is 0 Å². The number of thiocarbonyl (C=S) groups is 1. The molecule has 1 unspecified atom stereocenters. The highest BCUT2D eigenvalue weighted by Gasteiger charge is 1.84. The van der Waals surface area contributed by atoms with Crippen molar-refractivity contribution in [2.45, 2.75) is 0 Å². The normalized spacial score (nSPS) is 9.60. The van der Waals surface area contributed by atoms with Gasteiger partial charge in [-0.25, -0.2) is 4.76 Å². The fourth-order valence-electron chi connectivity index (χ4n) is 0.600. The zero-order valence-electron chi connectivity index (χ0n) is 5.24. The predicted octanol–water partition coefficient (Wildman–Crippen LogP) is 2.01. The Bertz CT molecular complexity index is 241. The molecule has 1 aromatic carbocycles. The lowest BCUT2D eigenvalue weighted by Crippen LogP contribution is -1.87. The molecule has 0 spiro atoms. The van der Waals surface area contributed by atoms with Gasteiger partial charge in [-0.15, -0.1) is 0 Å². The van der Waals surface area contributed by atoms with Crippen molar-refractivity contribution in [2.75, 3.05) is 0 Å². The third kappa shape index (κ3) is 2.36. The van der Waals surface area contributed by atoms with Crippen LogP contribution in [0.2, 0.25) is 0 Å². The van der Waals surface area contributed by atoms with Crippen molar-refractivity contribution < 1.29 is 0 Å². The first kappa shape index (κ1) is 7.56. The topological polar surface area (TPSA) is 12.4 Å². The van der Waals surface area contributed by atoms with Gasteiger partial charge in [0, 0.05) is 8.73 Å². The quantitative estimate of drug-likeness (QED) is 0.373. The third-order valence-electron chi connectivity index (χ3n) is 1.00. The lowest BCUT2D eigenvalue weighted by Gasteiger charge is -1.89. The molecular weight excluding hydrogens is 161 g/mol. The van der Waals surface area contributed by atoms with Crippen LogP contribution < -0.4 is 5.30 Å². The number of hydrogen-bond acceptors (Lipinski definition) is 2. The van der Waals surface area contributed by atoms with Gasteiger partial charge in [-0.05, 0) is 17.5 Å². The largest absolute Gasteiger partial charge is 0.207 e. The van der Waals surface area contributed by atoms with Crippen molar-refractivity contribution >= 4 is 31.4 Å². The van der Waals surface area contributed by atoms with Crippen molar-refractivity contribution in [1.29, 1.82) is 0 Å². The summed E-state index contributed by atoms with van der Waals surface area (Å²) in [6.07, 6.45) is 0. The SMILES string of the molecule is S=C=NPc1ccccc1. The van der Waals surface area contributed by atoms with E-state index in [0.29, 0.717) is 8.73 Å². The van der Waals surface area contributed by atoms with Crippen LogP contribution in [0, 0.1) is 0 Å². The molecule has 50 valence electrons. The first-order valence-corrected chi connectivity index (χ1v) is 4.17. The molecule has 0 aromatic heterocycles. The van der Waals surface area contributed by atoms with Crippen LogP contribution in [-0.2, 0) is 0 Å². The van der Waals surface area contributed by atoms with E-state index in [9.17, 15) is 0 Å². The van der Waals surface area contributed by atoms with Crippen LogP contribution in [0.4, 0.5) is 0 Å². The van der Waals surface area contributed by atoms with Crippen molar-refractivity contribution in [3.63, 3.8) is 0 Å². The second kappa shape index (κ2) is 4.29. The van der Waals surface area contributed by atoms with E-state index in [1.54, 1.807) is 0 Å². The summed E-state index contributed by atoms with van der Waals surface area (Å²) in [7, 11) is 0.414. The molecule has 0 aliphatic carbocycles. The molecule has 1 aromatic rings. The Labute approximate surface area is 67.0 Å². The molecule has 1 atom stereocenters. The molecule has 0 radical (unpaired) electrons. The van der Waals surface area contributed by atoms with Crippen LogP contribution in [0.15, 0.2) is 35.1 Å². The Hall–Kier alpha value is -0.550. The molecule has 3 heteroatoms. The molecule has 0 N–H and O–H groups in total. The Balaban J connectivity index is 2.67. The summed E-state index contributed by atoms with van der Waals surface area (Å²) < 4.78 is 3.83. The molecular formula is C7H6NPS. The second-order valence-electron chi connectivity index (χ2n) is 1.68. The minimum atomic E-state index is 0.414. The van der Waals surface area contributed by atoms with Crippen molar-refractivity contribution in [1.82, 2.24) is 0 Å². The Morgan fingerprint density at radius 3 is 2.60 bits per heavy atom. The maximum atomic E-state index is 4.44. The average molecular weight is 167 g/mol. The summed E-state index contributed by atoms with van der Waals surface area (Å²) in [6.45, 7) is 0. The van der Waals surface area contributed by atoms with Gasteiger partial charge < -0.3 is 0 Å². The van der Waals surface area contributed by atoms with E-state index in [2.05, 4.69) is 22.1 Å². The molecule has 0 aliphatic heterocycles. The maximum absolute atomic E-state index is 4.44. The maximum Gasteiger partial charge on any atom is 0.0624 e. The molecule has 0 amide bonds. The van der Waals surface area contributed by atoms with Gasteiger partial charge in [-0.3, -0.25) is 0 Å². The minimum absolute atomic E-state index is 0.414. The van der Waals surface area contributed by atoms with Crippen LogP contribution in [0.3, 0.4) is 0 Å². The zero-order chi connectivity index (χ0) is 7.23. The third-order valence-corrected chi connectivity index (χ3v) is 2.07. The first-order chi connectivity index (χ1) is 4.93. The Morgan fingerprint density at radius 2 is 2.00 bits per heavy atom. The Morgan fingerprint density at radius 1 is 1.30 bits per heavy atom. The summed E-state index contributed by atoms with van der Waals surface area (Å²) in [4.78, 5) is 0. The number of nitrogens with zero attached hydrogens (tertiary/aromatic N) is 1. The van der Waals surface area contributed by atoms with Crippen molar-refractivity contribution in [3.05, 3.63) is 30.3 Å². The van der Waals surface area contributed by atoms with Gasteiger partial charge in [-0.2, -0.15) is 0 Å². The van der Waals surface area contributed by atoms with Gasteiger partial charge in [0.1, 0.15) is 0 Å². The van der Waals surface area contributed by atoms with E-state index in [1.807, 2.05) is 30.3 Å². The number of hydrogen-bond donors (Lipinski definition) is 0. The van der Waals surface area contributed by atoms with Crippen molar-refractivity contribution in [2.24, 2.45) is 4.76 Å². The fourth-order valence-corrected chi connectivity index (χ4v) is 1.25. The zero-order valence-corrected chi connectivity index (χ0v) is 7.06. The molecule has 0 saturated heterocycles. The van der Waals surface area contributed by atoms with Crippen LogP contribution >= 0.6 is 20.9 Å². The van der Waals surface area contributed by atoms with Gasteiger partial charge in [0.05, 0.1) is 5.16 Å². The number of benzene rings is 1. The highest BCUT2D eigenvalue weighted by Crippen LogP contribution is 2.08. The van der Waals surface area contributed by atoms with Crippen LogP contribution in [0.25, 0.3) is 0 Å². The Kier molecular flexibility index (Phi) is 3.25. The lowest BCUT2D eigenvalue weighted by molar-refractivity contribution is 1.77. The van der Waals surface area contributed by atoms with E-state index < -0.39 is 0 Å².